The topological polar surface area (TPSA) is 43.1 Å². The van der Waals surface area contributed by atoms with Crippen molar-refractivity contribution >= 4 is 29.3 Å². The lowest BCUT2D eigenvalue weighted by Crippen LogP contribution is -2.10. The molecule has 0 bridgehead atoms. The van der Waals surface area contributed by atoms with Crippen molar-refractivity contribution < 1.29 is 4.79 Å². The molecule has 0 radical (unpaired) electrons. The number of alkyl halides is 1. The first kappa shape index (κ1) is 6.96. The highest BCUT2D eigenvalue weighted by Crippen LogP contribution is 2.33. The molecule has 1 unspecified atom stereocenters. The van der Waals surface area contributed by atoms with E-state index >= 15 is 0 Å². The van der Waals surface area contributed by atoms with Gasteiger partial charge in [-0.3, -0.25) is 4.79 Å². The van der Waals surface area contributed by atoms with Crippen LogP contribution in [0.15, 0.2) is 11.0 Å². The lowest BCUT2D eigenvalue weighted by Gasteiger charge is -1.95. The molecule has 4 heteroatoms. The Labute approximate surface area is 62.4 Å². The zero-order chi connectivity index (χ0) is 6.85. The fourth-order valence-corrected chi connectivity index (χ4v) is 1.75. The lowest BCUT2D eigenvalue weighted by molar-refractivity contribution is -0.113. The van der Waals surface area contributed by atoms with Gasteiger partial charge in [0.2, 0.25) is 0 Å². The third kappa shape index (κ3) is 1.63. The highest BCUT2D eigenvalue weighted by atomic mass is 35.5. The summed E-state index contributed by atoms with van der Waals surface area (Å²) in [5, 5.41) is 0. The molecule has 1 aliphatic heterocycles. The number of hydrogen-bond acceptors (Lipinski definition) is 2. The van der Waals surface area contributed by atoms with E-state index < -0.39 is 0 Å². The maximum atomic E-state index is 10.4. The lowest BCUT2D eigenvalue weighted by atomic mass is 10.4. The van der Waals surface area contributed by atoms with Crippen LogP contribution in [-0.4, -0.2) is 10.6 Å². The molecule has 1 rings (SSSR count). The van der Waals surface area contributed by atoms with E-state index in [1.54, 1.807) is 6.08 Å². The number of hydrogen-bond donors (Lipinski definition) is 1. The van der Waals surface area contributed by atoms with Crippen LogP contribution in [0.3, 0.4) is 0 Å². The highest BCUT2D eigenvalue weighted by molar-refractivity contribution is 8.05. The summed E-state index contributed by atoms with van der Waals surface area (Å²) in [6, 6.07) is 0. The molecule has 0 saturated heterocycles. The SMILES string of the molecule is NC(=O)C1=CCC(Cl)S1. The Morgan fingerprint density at radius 3 is 2.89 bits per heavy atom. The van der Waals surface area contributed by atoms with Crippen molar-refractivity contribution in [1.29, 1.82) is 0 Å². The molecule has 9 heavy (non-hydrogen) atoms. The number of halogens is 1. The molecule has 0 saturated carbocycles. The van der Waals surface area contributed by atoms with Gasteiger partial charge in [0.25, 0.3) is 5.91 Å². The maximum Gasteiger partial charge on any atom is 0.254 e. The summed E-state index contributed by atoms with van der Waals surface area (Å²) < 4.78 is 0.00694. The van der Waals surface area contributed by atoms with E-state index in [9.17, 15) is 4.79 Å². The van der Waals surface area contributed by atoms with Crippen LogP contribution < -0.4 is 5.73 Å². The minimum Gasteiger partial charge on any atom is -0.365 e. The molecule has 2 nitrogen and oxygen atoms in total. The van der Waals surface area contributed by atoms with Gasteiger partial charge in [-0.2, -0.15) is 0 Å². The summed E-state index contributed by atoms with van der Waals surface area (Å²) in [5.41, 5.74) is 4.97. The van der Waals surface area contributed by atoms with Crippen LogP contribution in [0.4, 0.5) is 0 Å². The van der Waals surface area contributed by atoms with Gasteiger partial charge in [0.1, 0.15) is 0 Å². The summed E-state index contributed by atoms with van der Waals surface area (Å²) in [6.45, 7) is 0. The third-order valence-corrected chi connectivity index (χ3v) is 2.50. The Hall–Kier alpha value is -0.150. The summed E-state index contributed by atoms with van der Waals surface area (Å²) >= 11 is 6.98. The number of allylic oxidation sites excluding steroid dienone is 1. The number of amides is 1. The van der Waals surface area contributed by atoms with Gasteiger partial charge in [0.15, 0.2) is 0 Å². The Kier molecular flexibility index (Phi) is 2.03. The Bertz CT molecular complexity index is 168. The number of rotatable bonds is 1. The second kappa shape index (κ2) is 2.62. The number of primary amides is 1. The molecule has 50 valence electrons. The monoisotopic (exact) mass is 163 g/mol. The molecule has 2 N–H and O–H groups in total. The van der Waals surface area contributed by atoms with Gasteiger partial charge in [-0.05, 0) is 6.42 Å². The summed E-state index contributed by atoms with van der Waals surface area (Å²) in [5.74, 6) is -0.372. The molecule has 0 aromatic heterocycles. The molecule has 0 aromatic carbocycles. The van der Waals surface area contributed by atoms with Gasteiger partial charge >= 0.3 is 0 Å². The summed E-state index contributed by atoms with van der Waals surface area (Å²) in [6.07, 6.45) is 2.51. The molecule has 0 spiro atoms. The molecule has 1 aliphatic rings. The average molecular weight is 164 g/mol. The zero-order valence-electron chi connectivity index (χ0n) is 4.63. The quantitative estimate of drug-likeness (QED) is 0.588. The van der Waals surface area contributed by atoms with Crippen molar-refractivity contribution in [1.82, 2.24) is 0 Å². The molecule has 1 atom stereocenters. The van der Waals surface area contributed by atoms with Gasteiger partial charge < -0.3 is 5.73 Å². The van der Waals surface area contributed by atoms with Crippen LogP contribution in [0.1, 0.15) is 6.42 Å². The van der Waals surface area contributed by atoms with Gasteiger partial charge in [-0.15, -0.1) is 23.4 Å². The van der Waals surface area contributed by atoms with E-state index in [1.807, 2.05) is 0 Å². The molecular formula is C5H6ClNOS. The van der Waals surface area contributed by atoms with Crippen LogP contribution in [0.25, 0.3) is 0 Å². The Morgan fingerprint density at radius 2 is 2.67 bits per heavy atom. The molecule has 0 fully saturated rings. The highest BCUT2D eigenvalue weighted by Gasteiger charge is 2.18. The smallest absolute Gasteiger partial charge is 0.254 e. The second-order valence-corrected chi connectivity index (χ2v) is 3.73. The van der Waals surface area contributed by atoms with E-state index in [4.69, 9.17) is 17.3 Å². The Balaban J connectivity index is 2.55. The maximum absolute atomic E-state index is 10.4. The minimum absolute atomic E-state index is 0.00694. The predicted molar refractivity (Wildman–Crippen MR) is 39.1 cm³/mol. The number of nitrogens with two attached hydrogens (primary N) is 1. The van der Waals surface area contributed by atoms with E-state index in [0.29, 0.717) is 4.91 Å². The Morgan fingerprint density at radius 1 is 2.00 bits per heavy atom. The van der Waals surface area contributed by atoms with Crippen molar-refractivity contribution in [3.8, 4) is 0 Å². The predicted octanol–water partition coefficient (Wildman–Crippen LogP) is 1.06. The van der Waals surface area contributed by atoms with Gasteiger partial charge in [-0.1, -0.05) is 6.08 Å². The first-order valence-corrected chi connectivity index (χ1v) is 3.82. The molecule has 0 aromatic rings. The minimum atomic E-state index is -0.372. The van der Waals surface area contributed by atoms with Crippen molar-refractivity contribution in [2.45, 2.75) is 11.1 Å². The van der Waals surface area contributed by atoms with Crippen LogP contribution in [0.2, 0.25) is 0 Å². The standard InChI is InChI=1S/C5H6ClNOS/c6-4-2-1-3(9-4)5(7)8/h1,4H,2H2,(H2,7,8). The van der Waals surface area contributed by atoms with Crippen molar-refractivity contribution in [3.05, 3.63) is 11.0 Å². The summed E-state index contributed by atoms with van der Waals surface area (Å²) in [4.78, 5) is 11.0. The number of thioether (sulfide) groups is 1. The summed E-state index contributed by atoms with van der Waals surface area (Å²) in [7, 11) is 0. The van der Waals surface area contributed by atoms with E-state index in [1.165, 1.54) is 11.8 Å². The number of carbonyl (C=O) groups excluding carboxylic acids is 1. The van der Waals surface area contributed by atoms with Crippen LogP contribution in [0.5, 0.6) is 0 Å². The third-order valence-electron chi connectivity index (χ3n) is 0.986. The van der Waals surface area contributed by atoms with Crippen molar-refractivity contribution in [3.63, 3.8) is 0 Å². The van der Waals surface area contributed by atoms with Gasteiger partial charge in [0.05, 0.1) is 9.61 Å². The van der Waals surface area contributed by atoms with Crippen molar-refractivity contribution in [2.24, 2.45) is 5.73 Å². The van der Waals surface area contributed by atoms with Crippen molar-refractivity contribution in [2.75, 3.05) is 0 Å². The van der Waals surface area contributed by atoms with Crippen LogP contribution in [-0.2, 0) is 4.79 Å². The molecule has 0 aliphatic carbocycles. The molecule has 1 heterocycles. The van der Waals surface area contributed by atoms with Crippen LogP contribution in [0, 0.1) is 0 Å². The largest absolute Gasteiger partial charge is 0.365 e. The fraction of sp³-hybridized carbons (Fsp3) is 0.400. The van der Waals surface area contributed by atoms with E-state index in [2.05, 4.69) is 0 Å². The zero-order valence-corrected chi connectivity index (χ0v) is 6.21. The normalized spacial score (nSPS) is 25.9. The van der Waals surface area contributed by atoms with E-state index in [-0.39, 0.29) is 10.6 Å². The number of carbonyl (C=O) groups is 1. The fourth-order valence-electron chi connectivity index (χ4n) is 0.592. The first-order valence-electron chi connectivity index (χ1n) is 2.51. The molecular weight excluding hydrogens is 158 g/mol. The molecule has 1 amide bonds. The van der Waals surface area contributed by atoms with Gasteiger partial charge in [0, 0.05) is 0 Å². The second-order valence-electron chi connectivity index (χ2n) is 1.70. The first-order chi connectivity index (χ1) is 4.20. The van der Waals surface area contributed by atoms with Gasteiger partial charge in [-0.25, -0.2) is 0 Å². The van der Waals surface area contributed by atoms with E-state index in [0.717, 1.165) is 6.42 Å². The van der Waals surface area contributed by atoms with Crippen LogP contribution >= 0.6 is 23.4 Å². The average Bonchev–Trinajstić information content (AvgIpc) is 2.14.